The van der Waals surface area contributed by atoms with Gasteiger partial charge in [-0.05, 0) is 6.42 Å². The highest BCUT2D eigenvalue weighted by molar-refractivity contribution is 5.81. The molecule has 0 spiro atoms. The molecule has 58 valence electrons. The second kappa shape index (κ2) is 4.99. The molecule has 0 aromatic rings. The van der Waals surface area contributed by atoms with E-state index in [1.807, 2.05) is 6.92 Å². The first-order valence-electron chi connectivity index (χ1n) is 3.27. The van der Waals surface area contributed by atoms with E-state index in [0.717, 1.165) is 12.5 Å². The van der Waals surface area contributed by atoms with Gasteiger partial charge >= 0.3 is 5.97 Å². The van der Waals surface area contributed by atoms with Gasteiger partial charge < -0.3 is 10.5 Å². The van der Waals surface area contributed by atoms with Crippen LogP contribution in [0.25, 0.3) is 0 Å². The Balaban J connectivity index is 3.62. The molecule has 0 rings (SSSR count). The van der Waals surface area contributed by atoms with Crippen molar-refractivity contribution in [1.29, 1.82) is 0 Å². The molecule has 0 aromatic heterocycles. The predicted molar refractivity (Wildman–Crippen MR) is 39.4 cm³/mol. The van der Waals surface area contributed by atoms with Gasteiger partial charge in [-0.3, -0.25) is 0 Å². The molecule has 0 aromatic carbocycles. The van der Waals surface area contributed by atoms with Crippen molar-refractivity contribution in [2.75, 3.05) is 6.54 Å². The van der Waals surface area contributed by atoms with Crippen LogP contribution in [0.2, 0.25) is 0 Å². The standard InChI is InChI=1S/C7H13NO2/c1-3-6(5-8)10-7(9)4-2/h4,6H,2-3,5,8H2,1H3. The van der Waals surface area contributed by atoms with Crippen LogP contribution in [0.4, 0.5) is 0 Å². The van der Waals surface area contributed by atoms with E-state index in [1.165, 1.54) is 0 Å². The van der Waals surface area contributed by atoms with E-state index < -0.39 is 5.97 Å². The van der Waals surface area contributed by atoms with Crippen molar-refractivity contribution in [3.8, 4) is 0 Å². The summed E-state index contributed by atoms with van der Waals surface area (Å²) in [5.74, 6) is -0.405. The van der Waals surface area contributed by atoms with Crippen LogP contribution in [0.3, 0.4) is 0 Å². The zero-order chi connectivity index (χ0) is 7.98. The molecule has 3 nitrogen and oxygen atoms in total. The van der Waals surface area contributed by atoms with Crippen molar-refractivity contribution in [2.24, 2.45) is 5.73 Å². The maximum Gasteiger partial charge on any atom is 0.330 e. The summed E-state index contributed by atoms with van der Waals surface area (Å²) in [6.07, 6.45) is 1.72. The first kappa shape index (κ1) is 9.17. The fourth-order valence-corrected chi connectivity index (χ4v) is 0.510. The van der Waals surface area contributed by atoms with Crippen LogP contribution in [0.15, 0.2) is 12.7 Å². The summed E-state index contributed by atoms with van der Waals surface area (Å²) >= 11 is 0. The van der Waals surface area contributed by atoms with Crippen molar-refractivity contribution >= 4 is 5.97 Å². The van der Waals surface area contributed by atoms with Crippen molar-refractivity contribution in [2.45, 2.75) is 19.4 Å². The van der Waals surface area contributed by atoms with Gasteiger partial charge in [0.15, 0.2) is 0 Å². The fraction of sp³-hybridized carbons (Fsp3) is 0.571. The second-order valence-electron chi connectivity index (χ2n) is 1.91. The van der Waals surface area contributed by atoms with E-state index in [2.05, 4.69) is 6.58 Å². The molecular formula is C7H13NO2. The first-order chi connectivity index (χ1) is 4.74. The Kier molecular flexibility index (Phi) is 4.58. The Hall–Kier alpha value is -0.830. The average Bonchev–Trinajstić information content (AvgIpc) is 1.99. The molecule has 2 N–H and O–H groups in total. The van der Waals surface area contributed by atoms with Crippen molar-refractivity contribution in [1.82, 2.24) is 0 Å². The lowest BCUT2D eigenvalue weighted by Crippen LogP contribution is -2.24. The lowest BCUT2D eigenvalue weighted by Gasteiger charge is -2.11. The number of carbonyl (C=O) groups is 1. The van der Waals surface area contributed by atoms with E-state index in [1.54, 1.807) is 0 Å². The van der Waals surface area contributed by atoms with Gasteiger partial charge in [-0.2, -0.15) is 0 Å². The number of hydrogen-bond acceptors (Lipinski definition) is 3. The van der Waals surface area contributed by atoms with Gasteiger partial charge in [-0.25, -0.2) is 4.79 Å². The minimum absolute atomic E-state index is 0.162. The summed E-state index contributed by atoms with van der Waals surface area (Å²) in [6.45, 7) is 5.55. The highest BCUT2D eigenvalue weighted by atomic mass is 16.5. The molecule has 0 amide bonds. The maximum atomic E-state index is 10.5. The van der Waals surface area contributed by atoms with Gasteiger partial charge in [0, 0.05) is 12.6 Å². The van der Waals surface area contributed by atoms with Crippen LogP contribution in [-0.2, 0) is 9.53 Å². The molecule has 0 fully saturated rings. The normalized spacial score (nSPS) is 12.2. The smallest absolute Gasteiger partial charge is 0.330 e. The van der Waals surface area contributed by atoms with Crippen LogP contribution in [-0.4, -0.2) is 18.6 Å². The maximum absolute atomic E-state index is 10.5. The van der Waals surface area contributed by atoms with E-state index in [4.69, 9.17) is 10.5 Å². The summed E-state index contributed by atoms with van der Waals surface area (Å²) in [6, 6.07) is 0. The Morgan fingerprint density at radius 1 is 1.90 bits per heavy atom. The van der Waals surface area contributed by atoms with E-state index in [9.17, 15) is 4.79 Å². The number of hydrogen-bond donors (Lipinski definition) is 1. The largest absolute Gasteiger partial charge is 0.458 e. The monoisotopic (exact) mass is 143 g/mol. The van der Waals surface area contributed by atoms with Crippen LogP contribution in [0.5, 0.6) is 0 Å². The quantitative estimate of drug-likeness (QED) is 0.459. The molecule has 0 aliphatic rings. The van der Waals surface area contributed by atoms with Crippen molar-refractivity contribution in [3.63, 3.8) is 0 Å². The number of ether oxygens (including phenoxy) is 1. The topological polar surface area (TPSA) is 52.3 Å². The first-order valence-corrected chi connectivity index (χ1v) is 3.27. The van der Waals surface area contributed by atoms with Crippen molar-refractivity contribution in [3.05, 3.63) is 12.7 Å². The summed E-state index contributed by atoms with van der Waals surface area (Å²) in [4.78, 5) is 10.5. The zero-order valence-electron chi connectivity index (χ0n) is 6.17. The molecule has 0 saturated heterocycles. The Morgan fingerprint density at radius 2 is 2.50 bits per heavy atom. The molecule has 1 atom stereocenters. The second-order valence-corrected chi connectivity index (χ2v) is 1.91. The van der Waals surface area contributed by atoms with Crippen molar-refractivity contribution < 1.29 is 9.53 Å². The van der Waals surface area contributed by atoms with E-state index >= 15 is 0 Å². The Morgan fingerprint density at radius 3 is 2.80 bits per heavy atom. The zero-order valence-corrected chi connectivity index (χ0v) is 6.17. The molecule has 0 saturated carbocycles. The minimum Gasteiger partial charge on any atom is -0.458 e. The Bertz CT molecular complexity index is 119. The van der Waals surface area contributed by atoms with Gasteiger partial charge in [-0.15, -0.1) is 0 Å². The third-order valence-corrected chi connectivity index (χ3v) is 1.17. The molecule has 0 bridgehead atoms. The highest BCUT2D eigenvalue weighted by Gasteiger charge is 2.06. The van der Waals surface area contributed by atoms with Gasteiger partial charge in [0.2, 0.25) is 0 Å². The Labute approximate surface area is 60.9 Å². The molecule has 3 heteroatoms. The summed E-state index contributed by atoms with van der Waals surface area (Å²) in [7, 11) is 0. The highest BCUT2D eigenvalue weighted by Crippen LogP contribution is 1.95. The van der Waals surface area contributed by atoms with E-state index in [0.29, 0.717) is 6.54 Å². The molecule has 0 aliphatic carbocycles. The number of rotatable bonds is 4. The van der Waals surface area contributed by atoms with Gasteiger partial charge in [0.1, 0.15) is 6.10 Å². The molecule has 10 heavy (non-hydrogen) atoms. The number of esters is 1. The fourth-order valence-electron chi connectivity index (χ4n) is 0.510. The van der Waals surface area contributed by atoms with Crippen LogP contribution >= 0.6 is 0 Å². The van der Waals surface area contributed by atoms with Crippen LogP contribution in [0.1, 0.15) is 13.3 Å². The number of carbonyl (C=O) groups excluding carboxylic acids is 1. The number of nitrogens with two attached hydrogens (primary N) is 1. The third-order valence-electron chi connectivity index (χ3n) is 1.17. The van der Waals surface area contributed by atoms with Gasteiger partial charge in [-0.1, -0.05) is 13.5 Å². The lowest BCUT2D eigenvalue weighted by atomic mass is 10.3. The molecule has 0 aliphatic heterocycles. The third kappa shape index (κ3) is 3.25. The predicted octanol–water partition coefficient (Wildman–Crippen LogP) is 0.453. The summed E-state index contributed by atoms with van der Waals surface area (Å²) in [5.41, 5.74) is 5.27. The molecular weight excluding hydrogens is 130 g/mol. The van der Waals surface area contributed by atoms with Crippen LogP contribution in [0, 0.1) is 0 Å². The van der Waals surface area contributed by atoms with Gasteiger partial charge in [0.05, 0.1) is 0 Å². The average molecular weight is 143 g/mol. The lowest BCUT2D eigenvalue weighted by molar-refractivity contribution is -0.142. The molecule has 1 unspecified atom stereocenters. The molecule has 0 heterocycles. The van der Waals surface area contributed by atoms with Gasteiger partial charge in [0.25, 0.3) is 0 Å². The summed E-state index contributed by atoms with van der Waals surface area (Å²) in [5, 5.41) is 0. The summed E-state index contributed by atoms with van der Waals surface area (Å²) < 4.78 is 4.82. The molecule has 0 radical (unpaired) electrons. The van der Waals surface area contributed by atoms with E-state index in [-0.39, 0.29) is 6.10 Å². The minimum atomic E-state index is -0.405. The SMILES string of the molecule is C=CC(=O)OC(CC)CN. The van der Waals surface area contributed by atoms with Crippen LogP contribution < -0.4 is 5.73 Å².